The third-order valence-corrected chi connectivity index (χ3v) is 6.02. The van der Waals surface area contributed by atoms with Crippen LogP contribution in [0.15, 0.2) is 70.9 Å². The summed E-state index contributed by atoms with van der Waals surface area (Å²) in [7, 11) is 2.99. The van der Waals surface area contributed by atoms with Gasteiger partial charge in [0.1, 0.15) is 34.8 Å². The molecule has 1 atom stereocenters. The van der Waals surface area contributed by atoms with Gasteiger partial charge in [-0.1, -0.05) is 19.8 Å². The molecule has 2 heterocycles. The van der Waals surface area contributed by atoms with Gasteiger partial charge in [0.2, 0.25) is 0 Å². The highest BCUT2D eigenvalue weighted by molar-refractivity contribution is 6.51. The van der Waals surface area contributed by atoms with E-state index in [4.69, 9.17) is 18.6 Å². The number of anilines is 1. The van der Waals surface area contributed by atoms with Gasteiger partial charge < -0.3 is 23.7 Å². The molecule has 0 saturated carbocycles. The van der Waals surface area contributed by atoms with Crippen molar-refractivity contribution in [3.8, 4) is 17.2 Å². The van der Waals surface area contributed by atoms with Crippen molar-refractivity contribution in [3.05, 3.63) is 77.8 Å². The van der Waals surface area contributed by atoms with E-state index in [-0.39, 0.29) is 11.3 Å². The number of hydrogen-bond donors (Lipinski definition) is 1. The number of benzene rings is 2. The molecule has 8 heteroatoms. The van der Waals surface area contributed by atoms with E-state index in [0.29, 0.717) is 40.9 Å². The smallest absolute Gasteiger partial charge is 0.300 e. The number of methoxy groups -OCH3 is 2. The molecule has 0 radical (unpaired) electrons. The van der Waals surface area contributed by atoms with Crippen molar-refractivity contribution < 1.29 is 33.3 Å². The van der Waals surface area contributed by atoms with Crippen molar-refractivity contribution >= 4 is 23.1 Å². The summed E-state index contributed by atoms with van der Waals surface area (Å²) in [6.07, 6.45) is 4.60. The largest absolute Gasteiger partial charge is 0.507 e. The van der Waals surface area contributed by atoms with Gasteiger partial charge >= 0.3 is 0 Å². The summed E-state index contributed by atoms with van der Waals surface area (Å²) < 4.78 is 22.0. The molecule has 1 unspecified atom stereocenters. The molecule has 4 rings (SSSR count). The molecule has 0 bridgehead atoms. The zero-order valence-electron chi connectivity index (χ0n) is 20.5. The Morgan fingerprint density at radius 1 is 0.972 bits per heavy atom. The molecule has 1 fully saturated rings. The van der Waals surface area contributed by atoms with Crippen molar-refractivity contribution in [1.82, 2.24) is 0 Å². The highest BCUT2D eigenvalue weighted by Gasteiger charge is 2.48. The molecular formula is C28H29NO7. The second-order valence-electron chi connectivity index (χ2n) is 8.34. The van der Waals surface area contributed by atoms with Crippen LogP contribution in [0.5, 0.6) is 17.2 Å². The predicted octanol–water partition coefficient (Wildman–Crippen LogP) is 5.49. The Balaban J connectivity index is 1.75. The topological polar surface area (TPSA) is 98.4 Å². The van der Waals surface area contributed by atoms with Crippen LogP contribution in [0.4, 0.5) is 5.69 Å². The number of unbranched alkanes of at least 4 members (excludes halogenated alkanes) is 2. The molecular weight excluding hydrogens is 462 g/mol. The molecule has 1 amide bonds. The van der Waals surface area contributed by atoms with Crippen LogP contribution in [0.2, 0.25) is 0 Å². The average molecular weight is 492 g/mol. The van der Waals surface area contributed by atoms with Crippen molar-refractivity contribution in [2.45, 2.75) is 32.2 Å². The molecule has 8 nitrogen and oxygen atoms in total. The van der Waals surface area contributed by atoms with E-state index in [9.17, 15) is 14.7 Å². The van der Waals surface area contributed by atoms with Crippen LogP contribution in [0, 0.1) is 0 Å². The molecule has 0 aliphatic carbocycles. The van der Waals surface area contributed by atoms with E-state index < -0.39 is 17.7 Å². The Kier molecular flexibility index (Phi) is 7.63. The highest BCUT2D eigenvalue weighted by atomic mass is 16.5. The van der Waals surface area contributed by atoms with Crippen LogP contribution in [0.3, 0.4) is 0 Å². The third kappa shape index (κ3) is 4.93. The average Bonchev–Trinajstić information content (AvgIpc) is 3.53. The predicted molar refractivity (Wildman–Crippen MR) is 134 cm³/mol. The highest BCUT2D eigenvalue weighted by Crippen LogP contribution is 2.44. The van der Waals surface area contributed by atoms with Crippen LogP contribution in [0.25, 0.3) is 5.76 Å². The van der Waals surface area contributed by atoms with Crippen LogP contribution >= 0.6 is 0 Å². The fourth-order valence-corrected chi connectivity index (χ4v) is 4.15. The van der Waals surface area contributed by atoms with Gasteiger partial charge in [-0.25, -0.2) is 0 Å². The van der Waals surface area contributed by atoms with E-state index in [2.05, 4.69) is 6.92 Å². The first-order valence-electron chi connectivity index (χ1n) is 11.8. The second-order valence-corrected chi connectivity index (χ2v) is 8.34. The lowest BCUT2D eigenvalue weighted by molar-refractivity contribution is -0.132. The summed E-state index contributed by atoms with van der Waals surface area (Å²) in [6.45, 7) is 2.73. The van der Waals surface area contributed by atoms with Crippen LogP contribution in [0.1, 0.15) is 43.6 Å². The maximum absolute atomic E-state index is 13.3. The van der Waals surface area contributed by atoms with Gasteiger partial charge in [0.15, 0.2) is 0 Å². The molecule has 0 spiro atoms. The van der Waals surface area contributed by atoms with E-state index >= 15 is 0 Å². The Labute approximate surface area is 209 Å². The van der Waals surface area contributed by atoms with Crippen molar-refractivity contribution in [3.63, 3.8) is 0 Å². The summed E-state index contributed by atoms with van der Waals surface area (Å²) in [4.78, 5) is 27.8. The van der Waals surface area contributed by atoms with Crippen LogP contribution in [-0.4, -0.2) is 37.6 Å². The minimum absolute atomic E-state index is 0.0756. The standard InChI is InChI=1S/C28H29NO7/c1-4-5-6-13-35-20-11-9-18(10-12-20)26(30)24-25(23-8-7-14-36-23)29(28(32)27(24)31)19-15-21(33-2)17-22(16-19)34-3/h7-12,14-17,25,30H,4-6,13H2,1-3H3/b26-24-. The number of carbonyl (C=O) groups is 2. The fourth-order valence-electron chi connectivity index (χ4n) is 4.15. The summed E-state index contributed by atoms with van der Waals surface area (Å²) >= 11 is 0. The number of ether oxygens (including phenoxy) is 3. The normalized spacial score (nSPS) is 16.9. The maximum atomic E-state index is 13.3. The SMILES string of the molecule is CCCCCOc1ccc(/C(O)=C2/C(=O)C(=O)N(c3cc(OC)cc(OC)c3)C2c2ccco2)cc1. The molecule has 1 N–H and O–H groups in total. The van der Waals surface area contributed by atoms with Gasteiger partial charge in [-0.2, -0.15) is 0 Å². The molecule has 1 aromatic heterocycles. The number of hydrogen-bond acceptors (Lipinski definition) is 7. The lowest BCUT2D eigenvalue weighted by Gasteiger charge is -2.24. The molecule has 36 heavy (non-hydrogen) atoms. The van der Waals surface area contributed by atoms with Gasteiger partial charge in [0.25, 0.3) is 11.7 Å². The number of ketones is 1. The van der Waals surface area contributed by atoms with Crippen molar-refractivity contribution in [2.24, 2.45) is 0 Å². The van der Waals surface area contributed by atoms with Crippen molar-refractivity contribution in [2.75, 3.05) is 25.7 Å². The van der Waals surface area contributed by atoms with Gasteiger partial charge in [-0.05, 0) is 42.8 Å². The number of nitrogens with zero attached hydrogens (tertiary/aromatic N) is 1. The van der Waals surface area contributed by atoms with Gasteiger partial charge in [-0.15, -0.1) is 0 Å². The Hall–Kier alpha value is -4.20. The number of furan rings is 1. The Morgan fingerprint density at radius 2 is 1.67 bits per heavy atom. The van der Waals surface area contributed by atoms with Crippen LogP contribution in [-0.2, 0) is 9.59 Å². The first-order valence-corrected chi connectivity index (χ1v) is 11.8. The number of Topliss-reactive ketones (excluding diaryl/α,β-unsaturated/α-hetero) is 1. The van der Waals surface area contributed by atoms with Gasteiger partial charge in [0, 0.05) is 23.8 Å². The summed E-state index contributed by atoms with van der Waals surface area (Å²) in [5, 5.41) is 11.2. The Morgan fingerprint density at radius 3 is 2.25 bits per heavy atom. The zero-order chi connectivity index (χ0) is 25.7. The first kappa shape index (κ1) is 24.9. The van der Waals surface area contributed by atoms with E-state index in [1.165, 1.54) is 25.4 Å². The summed E-state index contributed by atoms with van der Waals surface area (Å²) in [6, 6.07) is 14.0. The monoisotopic (exact) mass is 491 g/mol. The first-order chi connectivity index (χ1) is 17.5. The molecule has 1 aliphatic heterocycles. The number of aliphatic hydroxyl groups excluding tert-OH is 1. The van der Waals surface area contributed by atoms with E-state index in [1.807, 2.05) is 0 Å². The second kappa shape index (κ2) is 11.0. The number of aliphatic hydroxyl groups is 1. The quantitative estimate of drug-likeness (QED) is 0.173. The Bertz CT molecular complexity index is 1220. The van der Waals surface area contributed by atoms with Crippen molar-refractivity contribution in [1.29, 1.82) is 0 Å². The minimum Gasteiger partial charge on any atom is -0.507 e. The molecule has 1 aliphatic rings. The van der Waals surface area contributed by atoms with E-state index in [1.54, 1.807) is 54.6 Å². The summed E-state index contributed by atoms with van der Waals surface area (Å²) in [5.74, 6) is -0.0510. The van der Waals surface area contributed by atoms with Gasteiger partial charge in [-0.3, -0.25) is 14.5 Å². The third-order valence-electron chi connectivity index (χ3n) is 6.02. The molecule has 1 saturated heterocycles. The number of amides is 1. The zero-order valence-corrected chi connectivity index (χ0v) is 20.5. The number of carbonyl (C=O) groups excluding carboxylic acids is 2. The van der Waals surface area contributed by atoms with Gasteiger partial charge in [0.05, 0.1) is 38.4 Å². The van der Waals surface area contributed by atoms with Crippen LogP contribution < -0.4 is 19.1 Å². The lowest BCUT2D eigenvalue weighted by atomic mass is 9.99. The minimum atomic E-state index is -0.984. The van der Waals surface area contributed by atoms with E-state index in [0.717, 1.165) is 19.3 Å². The molecule has 2 aromatic carbocycles. The fraction of sp³-hybridized carbons (Fsp3) is 0.286. The maximum Gasteiger partial charge on any atom is 0.300 e. The number of rotatable bonds is 10. The molecule has 188 valence electrons. The molecule has 3 aromatic rings. The summed E-state index contributed by atoms with van der Waals surface area (Å²) in [5.41, 5.74) is 0.673. The lowest BCUT2D eigenvalue weighted by Crippen LogP contribution is -2.29.